The Kier molecular flexibility index (Phi) is 2.46. The van der Waals surface area contributed by atoms with E-state index in [1.165, 1.54) is 5.56 Å². The lowest BCUT2D eigenvalue weighted by atomic mass is 10.1. The molecule has 0 aliphatic carbocycles. The number of H-pyrrole nitrogens is 1. The number of hydrazine groups is 1. The zero-order valence-corrected chi connectivity index (χ0v) is 7.70. The van der Waals surface area contributed by atoms with Crippen LogP contribution in [0.15, 0.2) is 36.7 Å². The topological polar surface area (TPSA) is 66.7 Å². The molecule has 0 saturated carbocycles. The third kappa shape index (κ3) is 1.92. The number of nitrogen functional groups attached to an aromatic ring is 1. The van der Waals surface area contributed by atoms with Crippen LogP contribution in [0.4, 0.5) is 5.69 Å². The lowest BCUT2D eigenvalue weighted by Crippen LogP contribution is -2.06. The van der Waals surface area contributed by atoms with Gasteiger partial charge in [0.05, 0.1) is 0 Å². The normalized spacial score (nSPS) is 10.1. The highest BCUT2D eigenvalue weighted by Crippen LogP contribution is 2.10. The summed E-state index contributed by atoms with van der Waals surface area (Å²) in [6, 6.07) is 7.94. The number of benzene rings is 1. The van der Waals surface area contributed by atoms with Crippen molar-refractivity contribution in [1.29, 1.82) is 0 Å². The molecule has 0 atom stereocenters. The van der Waals surface area contributed by atoms with E-state index in [0.717, 1.165) is 17.9 Å². The maximum Gasteiger partial charge on any atom is 0.110 e. The van der Waals surface area contributed by atoms with Crippen LogP contribution in [0.25, 0.3) is 0 Å². The van der Waals surface area contributed by atoms with E-state index in [1.807, 2.05) is 30.5 Å². The van der Waals surface area contributed by atoms with E-state index >= 15 is 0 Å². The van der Waals surface area contributed by atoms with Gasteiger partial charge >= 0.3 is 0 Å². The summed E-state index contributed by atoms with van der Waals surface area (Å²) in [6.45, 7) is 0. The Labute approximate surface area is 82.1 Å². The first-order valence-corrected chi connectivity index (χ1v) is 4.42. The average Bonchev–Trinajstić information content (AvgIpc) is 2.72. The highest BCUT2D eigenvalue weighted by Gasteiger charge is 1.97. The van der Waals surface area contributed by atoms with Crippen LogP contribution >= 0.6 is 0 Å². The summed E-state index contributed by atoms with van der Waals surface area (Å²) in [5.41, 5.74) is 4.71. The molecule has 0 fully saturated rings. The number of nitrogens with one attached hydrogen (secondary N) is 2. The van der Waals surface area contributed by atoms with E-state index in [2.05, 4.69) is 15.4 Å². The van der Waals surface area contributed by atoms with Gasteiger partial charge in [-0.1, -0.05) is 12.1 Å². The van der Waals surface area contributed by atoms with Gasteiger partial charge in [0.2, 0.25) is 0 Å². The third-order valence-corrected chi connectivity index (χ3v) is 2.05. The minimum Gasteiger partial charge on any atom is -0.348 e. The number of anilines is 1. The predicted octanol–water partition coefficient (Wildman–Crippen LogP) is 1.29. The number of rotatable bonds is 3. The van der Waals surface area contributed by atoms with Gasteiger partial charge in [0.15, 0.2) is 0 Å². The average molecular weight is 188 g/mol. The molecule has 0 spiro atoms. The first-order valence-electron chi connectivity index (χ1n) is 4.42. The summed E-state index contributed by atoms with van der Waals surface area (Å²) >= 11 is 0. The zero-order chi connectivity index (χ0) is 9.80. The van der Waals surface area contributed by atoms with E-state index in [-0.39, 0.29) is 0 Å². The second-order valence-electron chi connectivity index (χ2n) is 3.05. The molecule has 0 bridgehead atoms. The molecular formula is C10H12N4. The maximum atomic E-state index is 5.27. The van der Waals surface area contributed by atoms with Crippen molar-refractivity contribution in [3.05, 3.63) is 48.0 Å². The van der Waals surface area contributed by atoms with Crippen molar-refractivity contribution >= 4 is 5.69 Å². The molecule has 0 amide bonds. The van der Waals surface area contributed by atoms with Crippen LogP contribution in [0.1, 0.15) is 11.4 Å². The summed E-state index contributed by atoms with van der Waals surface area (Å²) in [6.07, 6.45) is 4.40. The number of nitrogens with two attached hydrogens (primary N) is 1. The van der Waals surface area contributed by atoms with Crippen LogP contribution in [-0.4, -0.2) is 9.97 Å². The van der Waals surface area contributed by atoms with Gasteiger partial charge in [-0.05, 0) is 17.7 Å². The summed E-state index contributed by atoms with van der Waals surface area (Å²) in [4.78, 5) is 7.22. The summed E-state index contributed by atoms with van der Waals surface area (Å²) in [5.74, 6) is 6.24. The van der Waals surface area contributed by atoms with Gasteiger partial charge in [0, 0.05) is 24.5 Å². The third-order valence-electron chi connectivity index (χ3n) is 2.05. The van der Waals surface area contributed by atoms with E-state index < -0.39 is 0 Å². The lowest BCUT2D eigenvalue weighted by Gasteiger charge is -2.01. The van der Waals surface area contributed by atoms with Crippen LogP contribution in [-0.2, 0) is 6.42 Å². The molecule has 1 aromatic carbocycles. The van der Waals surface area contributed by atoms with Crippen molar-refractivity contribution in [2.45, 2.75) is 6.42 Å². The van der Waals surface area contributed by atoms with Gasteiger partial charge in [-0.15, -0.1) is 0 Å². The summed E-state index contributed by atoms with van der Waals surface area (Å²) in [5, 5.41) is 0. The quantitative estimate of drug-likeness (QED) is 0.502. The van der Waals surface area contributed by atoms with Crippen molar-refractivity contribution in [2.75, 3.05) is 5.43 Å². The van der Waals surface area contributed by atoms with Crippen molar-refractivity contribution in [3.8, 4) is 0 Å². The molecular weight excluding hydrogens is 176 g/mol. The maximum absolute atomic E-state index is 5.27. The molecule has 2 rings (SSSR count). The van der Waals surface area contributed by atoms with E-state index in [0.29, 0.717) is 0 Å². The van der Waals surface area contributed by atoms with Gasteiger partial charge in [-0.2, -0.15) is 0 Å². The summed E-state index contributed by atoms with van der Waals surface area (Å²) < 4.78 is 0. The van der Waals surface area contributed by atoms with Crippen LogP contribution in [0, 0.1) is 0 Å². The van der Waals surface area contributed by atoms with Gasteiger partial charge in [-0.3, -0.25) is 5.84 Å². The van der Waals surface area contributed by atoms with Crippen molar-refractivity contribution in [2.24, 2.45) is 5.84 Å². The van der Waals surface area contributed by atoms with Crippen LogP contribution < -0.4 is 11.3 Å². The van der Waals surface area contributed by atoms with Gasteiger partial charge < -0.3 is 10.4 Å². The molecule has 0 saturated heterocycles. The molecule has 14 heavy (non-hydrogen) atoms. The minimum atomic E-state index is 0.817. The van der Waals surface area contributed by atoms with E-state index in [4.69, 9.17) is 5.84 Å². The Hall–Kier alpha value is -1.81. The minimum absolute atomic E-state index is 0.817. The van der Waals surface area contributed by atoms with Gasteiger partial charge in [-0.25, -0.2) is 4.98 Å². The molecule has 2 aromatic rings. The molecule has 0 unspecified atom stereocenters. The highest BCUT2D eigenvalue weighted by atomic mass is 15.2. The largest absolute Gasteiger partial charge is 0.348 e. The summed E-state index contributed by atoms with van der Waals surface area (Å²) in [7, 11) is 0. The van der Waals surface area contributed by atoms with Crippen LogP contribution in [0.2, 0.25) is 0 Å². The molecule has 4 heteroatoms. The van der Waals surface area contributed by atoms with E-state index in [9.17, 15) is 0 Å². The van der Waals surface area contributed by atoms with Crippen molar-refractivity contribution in [3.63, 3.8) is 0 Å². The Morgan fingerprint density at radius 1 is 1.29 bits per heavy atom. The van der Waals surface area contributed by atoms with Gasteiger partial charge in [0.1, 0.15) is 5.82 Å². The fourth-order valence-electron chi connectivity index (χ4n) is 1.31. The number of aromatic nitrogens is 2. The Morgan fingerprint density at radius 2 is 2.07 bits per heavy atom. The molecule has 4 N–H and O–H groups in total. The Bertz CT molecular complexity index is 377. The molecule has 0 aliphatic heterocycles. The molecule has 1 heterocycles. The zero-order valence-electron chi connectivity index (χ0n) is 7.70. The number of hydrogen-bond acceptors (Lipinski definition) is 3. The second-order valence-corrected chi connectivity index (χ2v) is 3.05. The van der Waals surface area contributed by atoms with Gasteiger partial charge in [0.25, 0.3) is 0 Å². The fourth-order valence-corrected chi connectivity index (χ4v) is 1.31. The second kappa shape index (κ2) is 3.93. The number of aromatic amines is 1. The fraction of sp³-hybridized carbons (Fsp3) is 0.100. The molecule has 72 valence electrons. The Balaban J connectivity index is 2.10. The van der Waals surface area contributed by atoms with Crippen molar-refractivity contribution < 1.29 is 0 Å². The van der Waals surface area contributed by atoms with Crippen LogP contribution in [0.5, 0.6) is 0 Å². The smallest absolute Gasteiger partial charge is 0.110 e. The molecule has 1 aromatic heterocycles. The lowest BCUT2D eigenvalue weighted by molar-refractivity contribution is 1.03. The number of imidazole rings is 1. The van der Waals surface area contributed by atoms with Crippen molar-refractivity contribution in [1.82, 2.24) is 9.97 Å². The highest BCUT2D eigenvalue weighted by molar-refractivity contribution is 5.43. The predicted molar refractivity (Wildman–Crippen MR) is 55.6 cm³/mol. The monoisotopic (exact) mass is 188 g/mol. The molecule has 0 aliphatic rings. The molecule has 4 nitrogen and oxygen atoms in total. The number of hydrogen-bond donors (Lipinski definition) is 3. The molecule has 0 radical (unpaired) electrons. The SMILES string of the molecule is NNc1ccc(Cc2ncc[nH]2)cc1. The first kappa shape index (κ1) is 8.77. The number of nitrogens with zero attached hydrogens (tertiary/aromatic N) is 1. The van der Waals surface area contributed by atoms with Crippen LogP contribution in [0.3, 0.4) is 0 Å². The standard InChI is InChI=1S/C10H12N4/c11-14-9-3-1-8(2-4-9)7-10-12-5-6-13-10/h1-6,14H,7,11H2,(H,12,13). The first-order chi connectivity index (χ1) is 6.88. The van der Waals surface area contributed by atoms with E-state index in [1.54, 1.807) is 6.20 Å². The Morgan fingerprint density at radius 3 is 2.64 bits per heavy atom.